The predicted octanol–water partition coefficient (Wildman–Crippen LogP) is 4.08. The summed E-state index contributed by atoms with van der Waals surface area (Å²) in [5.41, 5.74) is -0.305. The molecular weight excluding hydrogens is 385 g/mol. The van der Waals surface area contributed by atoms with E-state index in [1.165, 1.54) is 18.3 Å². The monoisotopic (exact) mass is 404 g/mol. The molecule has 1 atom stereocenters. The number of carbonyl (C=O) groups excluding carboxylic acids is 2. The van der Waals surface area contributed by atoms with Crippen LogP contribution in [0.1, 0.15) is 33.8 Å². The van der Waals surface area contributed by atoms with Gasteiger partial charge in [0.25, 0.3) is 5.91 Å². The summed E-state index contributed by atoms with van der Waals surface area (Å²) >= 11 is 0. The third-order valence-electron chi connectivity index (χ3n) is 4.54. The summed E-state index contributed by atoms with van der Waals surface area (Å²) in [6.45, 7) is 0.943. The molecule has 0 bridgehead atoms. The largest absolute Gasteiger partial charge is 0.416 e. The molecule has 0 saturated heterocycles. The van der Waals surface area contributed by atoms with E-state index in [4.69, 9.17) is 4.74 Å². The Hall–Kier alpha value is -3.00. The van der Waals surface area contributed by atoms with Crippen LogP contribution in [0.4, 0.5) is 18.9 Å². The number of alkyl halides is 3. The van der Waals surface area contributed by atoms with Crippen molar-refractivity contribution in [2.45, 2.75) is 18.5 Å². The number of halogens is 3. The van der Waals surface area contributed by atoms with E-state index in [0.717, 1.165) is 17.0 Å². The number of imide groups is 1. The van der Waals surface area contributed by atoms with Gasteiger partial charge >= 0.3 is 6.18 Å². The first-order valence-corrected chi connectivity index (χ1v) is 8.98. The van der Waals surface area contributed by atoms with Crippen molar-refractivity contribution in [2.24, 2.45) is 4.99 Å². The minimum Gasteiger partial charge on any atom is -0.385 e. The van der Waals surface area contributed by atoms with Gasteiger partial charge in [0, 0.05) is 32.0 Å². The summed E-state index contributed by atoms with van der Waals surface area (Å²) in [5, 5.41) is 0. The van der Waals surface area contributed by atoms with Crippen molar-refractivity contribution in [3.8, 4) is 0 Å². The molecule has 2 aromatic rings. The van der Waals surface area contributed by atoms with Crippen LogP contribution in [0.2, 0.25) is 0 Å². The summed E-state index contributed by atoms with van der Waals surface area (Å²) in [5.74, 6) is -2.15. The fourth-order valence-corrected chi connectivity index (χ4v) is 3.15. The van der Waals surface area contributed by atoms with E-state index in [0.29, 0.717) is 25.1 Å². The Morgan fingerprint density at radius 1 is 1.14 bits per heavy atom. The lowest BCUT2D eigenvalue weighted by molar-refractivity contribution is -0.137. The van der Waals surface area contributed by atoms with Crippen molar-refractivity contribution >= 4 is 23.7 Å². The molecular formula is C21H19F3N2O3. The first-order chi connectivity index (χ1) is 13.8. The minimum absolute atomic E-state index is 0.123. The first kappa shape index (κ1) is 20.7. The van der Waals surface area contributed by atoms with Gasteiger partial charge in [-0.05, 0) is 36.2 Å². The topological polar surface area (TPSA) is 59.0 Å². The number of benzene rings is 2. The third-order valence-corrected chi connectivity index (χ3v) is 4.54. The van der Waals surface area contributed by atoms with Crippen LogP contribution in [-0.4, -0.2) is 38.3 Å². The molecule has 5 nitrogen and oxygen atoms in total. The van der Waals surface area contributed by atoms with E-state index >= 15 is 0 Å². The quantitative estimate of drug-likeness (QED) is 0.414. The predicted molar refractivity (Wildman–Crippen MR) is 102 cm³/mol. The number of anilines is 1. The Morgan fingerprint density at radius 3 is 2.62 bits per heavy atom. The fraction of sp³-hybridized carbons (Fsp3) is 0.286. The maximum absolute atomic E-state index is 13.1. The number of hydrogen-bond donors (Lipinski definition) is 0. The molecule has 1 heterocycles. The fourth-order valence-electron chi connectivity index (χ4n) is 3.15. The highest BCUT2D eigenvalue weighted by Crippen LogP contribution is 2.35. The van der Waals surface area contributed by atoms with Gasteiger partial charge in [0.2, 0.25) is 5.91 Å². The van der Waals surface area contributed by atoms with Crippen LogP contribution in [0.3, 0.4) is 0 Å². The van der Waals surface area contributed by atoms with E-state index in [-0.39, 0.29) is 11.3 Å². The van der Waals surface area contributed by atoms with Crippen molar-refractivity contribution in [3.63, 3.8) is 0 Å². The Bertz CT molecular complexity index is 941. The van der Waals surface area contributed by atoms with Crippen LogP contribution in [-0.2, 0) is 15.7 Å². The highest BCUT2D eigenvalue weighted by Gasteiger charge is 2.39. The molecule has 0 saturated carbocycles. The van der Waals surface area contributed by atoms with Crippen LogP contribution in [0.15, 0.2) is 53.5 Å². The van der Waals surface area contributed by atoms with E-state index in [1.54, 1.807) is 31.4 Å². The maximum atomic E-state index is 13.1. The SMILES string of the molecule is COCCCN=CC1C(=O)N(c2cccc(C(F)(F)F)c2)C(=O)c2ccccc21. The summed E-state index contributed by atoms with van der Waals surface area (Å²) in [7, 11) is 1.57. The van der Waals surface area contributed by atoms with E-state index < -0.39 is 29.5 Å². The minimum atomic E-state index is -4.59. The summed E-state index contributed by atoms with van der Waals surface area (Å²) in [6.07, 6.45) is -2.48. The summed E-state index contributed by atoms with van der Waals surface area (Å²) in [4.78, 5) is 31.0. The molecule has 0 aliphatic carbocycles. The molecule has 2 aromatic carbocycles. The molecule has 8 heteroatoms. The number of methoxy groups -OCH3 is 1. The Balaban J connectivity index is 2.00. The van der Waals surface area contributed by atoms with Crippen molar-refractivity contribution in [2.75, 3.05) is 25.2 Å². The van der Waals surface area contributed by atoms with Crippen molar-refractivity contribution in [1.29, 1.82) is 0 Å². The lowest BCUT2D eigenvalue weighted by Crippen LogP contribution is -2.45. The molecule has 0 spiro atoms. The van der Waals surface area contributed by atoms with Gasteiger partial charge in [-0.15, -0.1) is 0 Å². The second kappa shape index (κ2) is 8.57. The molecule has 0 aromatic heterocycles. The van der Waals surface area contributed by atoms with Crippen molar-refractivity contribution in [3.05, 3.63) is 65.2 Å². The zero-order valence-electron chi connectivity index (χ0n) is 15.6. The molecule has 0 fully saturated rings. The second-order valence-corrected chi connectivity index (χ2v) is 6.49. The standard InChI is InChI=1S/C21H19F3N2O3/c1-29-11-5-10-25-13-18-16-8-2-3-9-17(16)19(27)26(20(18)28)15-7-4-6-14(12-15)21(22,23)24/h2-4,6-9,12-13,18H,5,10-11H2,1H3. The smallest absolute Gasteiger partial charge is 0.385 e. The number of ether oxygens (including phenoxy) is 1. The zero-order valence-corrected chi connectivity index (χ0v) is 15.6. The Labute approximate surface area is 165 Å². The Morgan fingerprint density at radius 2 is 1.90 bits per heavy atom. The average Bonchev–Trinajstić information content (AvgIpc) is 2.70. The van der Waals surface area contributed by atoms with E-state index in [9.17, 15) is 22.8 Å². The molecule has 3 rings (SSSR count). The van der Waals surface area contributed by atoms with Crippen molar-refractivity contribution in [1.82, 2.24) is 0 Å². The molecule has 29 heavy (non-hydrogen) atoms. The molecule has 152 valence electrons. The summed E-state index contributed by atoms with van der Waals surface area (Å²) in [6, 6.07) is 10.7. The average molecular weight is 404 g/mol. The number of nitrogens with zero attached hydrogens (tertiary/aromatic N) is 2. The van der Waals surface area contributed by atoms with Crippen LogP contribution < -0.4 is 4.90 Å². The molecule has 1 aliphatic rings. The number of rotatable bonds is 6. The first-order valence-electron chi connectivity index (χ1n) is 8.98. The number of aliphatic imine (C=N–C) groups is 1. The molecule has 0 radical (unpaired) electrons. The van der Waals surface area contributed by atoms with Crippen LogP contribution in [0.25, 0.3) is 0 Å². The maximum Gasteiger partial charge on any atom is 0.416 e. The van der Waals surface area contributed by atoms with Crippen molar-refractivity contribution < 1.29 is 27.5 Å². The van der Waals surface area contributed by atoms with Gasteiger partial charge in [0.05, 0.1) is 17.2 Å². The van der Waals surface area contributed by atoms with Crippen LogP contribution in [0, 0.1) is 0 Å². The van der Waals surface area contributed by atoms with Gasteiger partial charge < -0.3 is 4.74 Å². The summed E-state index contributed by atoms with van der Waals surface area (Å²) < 4.78 is 44.2. The number of carbonyl (C=O) groups is 2. The molecule has 2 amide bonds. The third kappa shape index (κ3) is 4.37. The van der Waals surface area contributed by atoms with Gasteiger partial charge in [0.15, 0.2) is 0 Å². The van der Waals surface area contributed by atoms with E-state index in [2.05, 4.69) is 4.99 Å². The molecule has 1 unspecified atom stereocenters. The highest BCUT2D eigenvalue weighted by atomic mass is 19.4. The Kier molecular flexibility index (Phi) is 6.12. The molecule has 1 aliphatic heterocycles. The van der Waals surface area contributed by atoms with Gasteiger partial charge in [-0.1, -0.05) is 24.3 Å². The molecule has 0 N–H and O–H groups in total. The number of hydrogen-bond acceptors (Lipinski definition) is 4. The number of amides is 2. The zero-order chi connectivity index (χ0) is 21.0. The highest BCUT2D eigenvalue weighted by molar-refractivity contribution is 6.29. The number of fused-ring (bicyclic) bond motifs is 1. The lowest BCUT2D eigenvalue weighted by Gasteiger charge is -2.31. The van der Waals surface area contributed by atoms with Gasteiger partial charge in [-0.2, -0.15) is 13.2 Å². The van der Waals surface area contributed by atoms with Crippen LogP contribution in [0.5, 0.6) is 0 Å². The van der Waals surface area contributed by atoms with Crippen LogP contribution >= 0.6 is 0 Å². The second-order valence-electron chi connectivity index (χ2n) is 6.49. The van der Waals surface area contributed by atoms with Gasteiger partial charge in [-0.3, -0.25) is 14.6 Å². The van der Waals surface area contributed by atoms with Gasteiger partial charge in [-0.25, -0.2) is 4.90 Å². The van der Waals surface area contributed by atoms with E-state index in [1.807, 2.05) is 0 Å². The normalized spacial score (nSPS) is 17.1. The van der Waals surface area contributed by atoms with Gasteiger partial charge in [0.1, 0.15) is 0 Å². The lowest BCUT2D eigenvalue weighted by atomic mass is 9.88.